The maximum absolute atomic E-state index is 12.6. The molecule has 1 aliphatic heterocycles. The normalized spacial score (nSPS) is 21.6. The summed E-state index contributed by atoms with van der Waals surface area (Å²) in [6, 6.07) is 4.86. The summed E-state index contributed by atoms with van der Waals surface area (Å²) < 4.78 is 0.709. The fraction of sp³-hybridized carbons (Fsp3) is 0.0667. The van der Waals surface area contributed by atoms with Crippen LogP contribution in [0.4, 0.5) is 0 Å². The van der Waals surface area contributed by atoms with Gasteiger partial charge in [-0.2, -0.15) is 5.10 Å². The van der Waals surface area contributed by atoms with Crippen molar-refractivity contribution in [2.45, 2.75) is 6.92 Å². The van der Waals surface area contributed by atoms with Crippen molar-refractivity contribution in [3.8, 4) is 5.75 Å². The number of benzene rings is 1. The first kappa shape index (κ1) is 14.3. The molecule has 20 heavy (non-hydrogen) atoms. The third-order valence-electron chi connectivity index (χ3n) is 2.92. The van der Waals surface area contributed by atoms with E-state index in [1.807, 2.05) is 0 Å². The summed E-state index contributed by atoms with van der Waals surface area (Å²) >= 11 is 3.30. The van der Waals surface area contributed by atoms with Gasteiger partial charge in [0.2, 0.25) is 0 Å². The number of aromatic hydroxyl groups is 1. The summed E-state index contributed by atoms with van der Waals surface area (Å²) in [5.74, 6) is -0.125. The van der Waals surface area contributed by atoms with Crippen molar-refractivity contribution < 1.29 is 9.90 Å². The smallest absolute Gasteiger partial charge is 0.195 e. The second-order valence-corrected chi connectivity index (χ2v) is 5.19. The Hall–Kier alpha value is -2.14. The van der Waals surface area contributed by atoms with Crippen molar-refractivity contribution in [2.24, 2.45) is 5.10 Å². The zero-order chi connectivity index (χ0) is 14.7. The number of allylic oxidation sites excluding steroid dienone is 4. The van der Waals surface area contributed by atoms with E-state index in [4.69, 9.17) is 0 Å². The van der Waals surface area contributed by atoms with E-state index in [9.17, 15) is 9.90 Å². The van der Waals surface area contributed by atoms with Crippen LogP contribution in [-0.4, -0.2) is 17.1 Å². The highest BCUT2D eigenvalue weighted by molar-refractivity contribution is 9.12. The van der Waals surface area contributed by atoms with Gasteiger partial charge >= 0.3 is 0 Å². The molecule has 1 heterocycles. The van der Waals surface area contributed by atoms with Crippen LogP contribution >= 0.6 is 15.9 Å². The van der Waals surface area contributed by atoms with E-state index < -0.39 is 0 Å². The van der Waals surface area contributed by atoms with Crippen LogP contribution in [0.1, 0.15) is 15.9 Å². The number of nitrogens with one attached hydrogen (secondary N) is 1. The quantitative estimate of drug-likeness (QED) is 0.817. The molecule has 0 aromatic heterocycles. The van der Waals surface area contributed by atoms with Gasteiger partial charge in [-0.15, -0.1) is 0 Å². The number of Topliss-reactive ketones (excluding diaryl/α,β-unsaturated/α-hetero) is 1. The molecular formula is C15H13BrN2O2. The van der Waals surface area contributed by atoms with Crippen LogP contribution in [-0.2, 0) is 0 Å². The van der Waals surface area contributed by atoms with Gasteiger partial charge in [-0.1, -0.05) is 18.7 Å². The second kappa shape index (κ2) is 5.88. The second-order valence-electron chi connectivity index (χ2n) is 4.28. The minimum atomic E-state index is -0.218. The number of ketones is 1. The third kappa shape index (κ3) is 2.88. The minimum Gasteiger partial charge on any atom is -0.508 e. The first-order valence-electron chi connectivity index (χ1n) is 5.89. The highest BCUT2D eigenvalue weighted by Crippen LogP contribution is 2.25. The highest BCUT2D eigenvalue weighted by atomic mass is 79.9. The van der Waals surface area contributed by atoms with Crippen LogP contribution in [0.3, 0.4) is 0 Å². The first-order chi connectivity index (χ1) is 9.50. The number of hydrazone groups is 1. The molecule has 102 valence electrons. The fourth-order valence-electron chi connectivity index (χ4n) is 1.80. The van der Waals surface area contributed by atoms with Gasteiger partial charge in [-0.05, 0) is 40.6 Å². The number of halogens is 1. The van der Waals surface area contributed by atoms with Gasteiger partial charge in [0.05, 0.1) is 6.21 Å². The molecule has 2 rings (SSSR count). The maximum atomic E-state index is 12.6. The van der Waals surface area contributed by atoms with Gasteiger partial charge in [0.1, 0.15) is 5.75 Å². The predicted molar refractivity (Wildman–Crippen MR) is 83.0 cm³/mol. The molecule has 0 fully saturated rings. The van der Waals surface area contributed by atoms with E-state index in [0.29, 0.717) is 26.8 Å². The minimum absolute atomic E-state index is 0.0932. The number of rotatable bonds is 2. The average Bonchev–Trinajstić information content (AvgIpc) is 2.39. The van der Waals surface area contributed by atoms with Crippen molar-refractivity contribution in [1.29, 1.82) is 0 Å². The lowest BCUT2D eigenvalue weighted by Crippen LogP contribution is -2.11. The van der Waals surface area contributed by atoms with Crippen LogP contribution in [0.2, 0.25) is 0 Å². The SMILES string of the molecule is C=C1/C=C(Br)\C=N/N/C=C\1C(=O)c1cccc(O)c1C. The molecule has 0 saturated heterocycles. The summed E-state index contributed by atoms with van der Waals surface area (Å²) in [5, 5.41) is 13.6. The van der Waals surface area contributed by atoms with E-state index in [1.165, 1.54) is 6.20 Å². The number of nitrogens with zero attached hydrogens (tertiary/aromatic N) is 1. The van der Waals surface area contributed by atoms with Crippen molar-refractivity contribution in [1.82, 2.24) is 5.43 Å². The Morgan fingerprint density at radius 1 is 1.45 bits per heavy atom. The maximum Gasteiger partial charge on any atom is 0.195 e. The zero-order valence-corrected chi connectivity index (χ0v) is 12.4. The molecule has 1 aliphatic rings. The van der Waals surface area contributed by atoms with Gasteiger partial charge in [-0.25, -0.2) is 0 Å². The summed E-state index contributed by atoms with van der Waals surface area (Å²) in [4.78, 5) is 12.6. The van der Waals surface area contributed by atoms with Crippen LogP contribution in [0, 0.1) is 6.92 Å². The zero-order valence-electron chi connectivity index (χ0n) is 10.9. The molecule has 4 nitrogen and oxygen atoms in total. The predicted octanol–water partition coefficient (Wildman–Crippen LogP) is 3.19. The van der Waals surface area contributed by atoms with Crippen molar-refractivity contribution in [3.63, 3.8) is 0 Å². The average molecular weight is 333 g/mol. The van der Waals surface area contributed by atoms with Gasteiger partial charge in [0, 0.05) is 27.4 Å². The number of hydrogen-bond donors (Lipinski definition) is 2. The van der Waals surface area contributed by atoms with E-state index in [0.717, 1.165) is 0 Å². The molecule has 2 N–H and O–H groups in total. The largest absolute Gasteiger partial charge is 0.508 e. The third-order valence-corrected chi connectivity index (χ3v) is 3.36. The van der Waals surface area contributed by atoms with Crippen LogP contribution in [0.15, 0.2) is 57.8 Å². The standard InChI is InChI=1S/C15H13BrN2O2/c1-9-6-11(16)7-17-18-8-13(9)15(20)12-4-3-5-14(19)10(12)2/h3-8,18-19H,1H2,2H3/b11-6+,13-8+,17-7-. The van der Waals surface area contributed by atoms with Crippen molar-refractivity contribution in [3.05, 3.63) is 63.8 Å². The number of phenolic OH excluding ortho intramolecular Hbond substituents is 1. The molecule has 1 aromatic rings. The van der Waals surface area contributed by atoms with Crippen LogP contribution in [0.25, 0.3) is 0 Å². The molecule has 1 aromatic carbocycles. The topological polar surface area (TPSA) is 61.7 Å². The van der Waals surface area contributed by atoms with Crippen LogP contribution < -0.4 is 5.43 Å². The van der Waals surface area contributed by atoms with Crippen molar-refractivity contribution in [2.75, 3.05) is 0 Å². The Morgan fingerprint density at radius 2 is 2.20 bits per heavy atom. The lowest BCUT2D eigenvalue weighted by atomic mass is 9.94. The molecule has 0 amide bonds. The fourth-order valence-corrected chi connectivity index (χ4v) is 2.18. The summed E-state index contributed by atoms with van der Waals surface area (Å²) in [6.07, 6.45) is 4.79. The summed E-state index contributed by atoms with van der Waals surface area (Å²) in [5.41, 5.74) is 4.61. The monoisotopic (exact) mass is 332 g/mol. The molecule has 0 spiro atoms. The Balaban J connectivity index is 2.45. The van der Waals surface area contributed by atoms with Gasteiger partial charge in [0.15, 0.2) is 5.78 Å². The molecule has 0 unspecified atom stereocenters. The molecule has 0 bridgehead atoms. The molecule has 0 atom stereocenters. The van der Waals surface area contributed by atoms with Gasteiger partial charge in [-0.3, -0.25) is 10.2 Å². The Morgan fingerprint density at radius 3 is 2.95 bits per heavy atom. The van der Waals surface area contributed by atoms with Gasteiger partial charge in [0.25, 0.3) is 0 Å². The number of carbonyl (C=O) groups is 1. The van der Waals surface area contributed by atoms with E-state index in [-0.39, 0.29) is 11.5 Å². The molecule has 5 heteroatoms. The van der Waals surface area contributed by atoms with Crippen molar-refractivity contribution >= 4 is 27.9 Å². The van der Waals surface area contributed by atoms with Crippen LogP contribution in [0.5, 0.6) is 5.75 Å². The van der Waals surface area contributed by atoms with E-state index >= 15 is 0 Å². The molecule has 0 saturated carbocycles. The lowest BCUT2D eigenvalue weighted by Gasteiger charge is -2.11. The summed E-state index contributed by atoms with van der Waals surface area (Å²) in [7, 11) is 0. The Labute approximate surface area is 125 Å². The number of phenols is 1. The Bertz CT molecular complexity index is 672. The van der Waals surface area contributed by atoms with E-state index in [1.54, 1.807) is 37.4 Å². The number of carbonyl (C=O) groups excluding carboxylic acids is 1. The first-order valence-corrected chi connectivity index (χ1v) is 6.68. The lowest BCUT2D eigenvalue weighted by molar-refractivity contribution is 0.103. The molecule has 0 radical (unpaired) electrons. The van der Waals surface area contributed by atoms with E-state index in [2.05, 4.69) is 33.0 Å². The number of hydrogen-bond acceptors (Lipinski definition) is 4. The Kier molecular flexibility index (Phi) is 4.20. The molecule has 0 aliphatic carbocycles. The molecular weight excluding hydrogens is 320 g/mol. The highest BCUT2D eigenvalue weighted by Gasteiger charge is 2.18. The summed E-state index contributed by atoms with van der Waals surface area (Å²) in [6.45, 7) is 5.59. The van der Waals surface area contributed by atoms with Gasteiger partial charge < -0.3 is 5.11 Å².